The van der Waals surface area contributed by atoms with E-state index in [1.165, 1.54) is 12.0 Å². The molecule has 0 amide bonds. The Hall–Kier alpha value is -0.840. The molecule has 2 aliphatic heterocycles. The first-order valence-corrected chi connectivity index (χ1v) is 8.27. The van der Waals surface area contributed by atoms with Crippen molar-refractivity contribution in [3.05, 3.63) is 24.2 Å². The number of ether oxygens (including phenoxy) is 2. The summed E-state index contributed by atoms with van der Waals surface area (Å²) in [5, 5.41) is 0. The molecule has 3 heterocycles. The van der Waals surface area contributed by atoms with Crippen molar-refractivity contribution in [2.75, 3.05) is 32.9 Å². The fourth-order valence-corrected chi connectivity index (χ4v) is 3.85. The van der Waals surface area contributed by atoms with Gasteiger partial charge < -0.3 is 13.9 Å². The van der Waals surface area contributed by atoms with Crippen LogP contribution in [0.4, 0.5) is 0 Å². The maximum absolute atomic E-state index is 6.21. The summed E-state index contributed by atoms with van der Waals surface area (Å²) in [7, 11) is 0. The lowest BCUT2D eigenvalue weighted by Gasteiger charge is -2.42. The minimum absolute atomic E-state index is 0.129. The van der Waals surface area contributed by atoms with Crippen molar-refractivity contribution >= 4 is 0 Å². The van der Waals surface area contributed by atoms with E-state index in [-0.39, 0.29) is 5.60 Å². The normalized spacial score (nSPS) is 25.7. The molecular formula is C17H27NO3. The maximum Gasteiger partial charge on any atom is 0.0947 e. The van der Waals surface area contributed by atoms with Crippen LogP contribution < -0.4 is 0 Å². The summed E-state index contributed by atoms with van der Waals surface area (Å²) < 4.78 is 16.9. The van der Waals surface area contributed by atoms with Gasteiger partial charge in [-0.1, -0.05) is 0 Å². The highest BCUT2D eigenvalue weighted by Gasteiger charge is 2.45. The van der Waals surface area contributed by atoms with Crippen LogP contribution >= 0.6 is 0 Å². The second kappa shape index (κ2) is 6.95. The minimum atomic E-state index is 0.129. The molecule has 3 rings (SSSR count). The average molecular weight is 293 g/mol. The molecule has 4 nitrogen and oxygen atoms in total. The zero-order valence-corrected chi connectivity index (χ0v) is 13.1. The number of likely N-dealkylation sites (tertiary alicyclic amines) is 1. The molecule has 21 heavy (non-hydrogen) atoms. The molecule has 2 fully saturated rings. The van der Waals surface area contributed by atoms with Gasteiger partial charge in [-0.05, 0) is 44.6 Å². The van der Waals surface area contributed by atoms with Crippen molar-refractivity contribution in [3.63, 3.8) is 0 Å². The second-order valence-electron chi connectivity index (χ2n) is 6.29. The van der Waals surface area contributed by atoms with E-state index in [9.17, 15) is 0 Å². The van der Waals surface area contributed by atoms with Crippen LogP contribution in [0.3, 0.4) is 0 Å². The highest BCUT2D eigenvalue weighted by molar-refractivity contribution is 5.06. The van der Waals surface area contributed by atoms with Gasteiger partial charge in [0.05, 0.1) is 18.1 Å². The Morgan fingerprint density at radius 1 is 1.38 bits per heavy atom. The second-order valence-corrected chi connectivity index (χ2v) is 6.29. The van der Waals surface area contributed by atoms with Crippen LogP contribution in [0.1, 0.15) is 38.2 Å². The maximum atomic E-state index is 6.21. The molecule has 1 spiro atoms. The van der Waals surface area contributed by atoms with Gasteiger partial charge in [-0.3, -0.25) is 4.90 Å². The van der Waals surface area contributed by atoms with Crippen LogP contribution in [-0.2, 0) is 16.0 Å². The summed E-state index contributed by atoms with van der Waals surface area (Å²) in [4.78, 5) is 2.51. The summed E-state index contributed by atoms with van der Waals surface area (Å²) in [6, 6.07) is 2.06. The van der Waals surface area contributed by atoms with Crippen molar-refractivity contribution in [2.45, 2.75) is 44.8 Å². The molecule has 1 aromatic heterocycles. The zero-order valence-electron chi connectivity index (χ0n) is 13.1. The zero-order chi connectivity index (χ0) is 14.5. The fourth-order valence-electron chi connectivity index (χ4n) is 3.85. The van der Waals surface area contributed by atoms with Crippen molar-refractivity contribution in [1.29, 1.82) is 0 Å². The predicted octanol–water partition coefficient (Wildman–Crippen LogP) is 3.08. The average Bonchev–Trinajstić information content (AvgIpc) is 3.13. The van der Waals surface area contributed by atoms with Crippen LogP contribution in [0.15, 0.2) is 23.0 Å². The fraction of sp³-hybridized carbons (Fsp3) is 0.765. The molecule has 2 aliphatic rings. The summed E-state index contributed by atoms with van der Waals surface area (Å²) >= 11 is 0. The molecule has 1 unspecified atom stereocenters. The molecule has 1 atom stereocenters. The van der Waals surface area contributed by atoms with Gasteiger partial charge in [0.2, 0.25) is 0 Å². The standard InChI is InChI=1S/C17H27NO3/c1-2-19-11-4-16-5-12-21-17(16)6-8-18(9-7-17)13-15-3-10-20-14-15/h3,10,14,16H,2,4-9,11-13H2,1H3. The lowest BCUT2D eigenvalue weighted by atomic mass is 9.78. The Morgan fingerprint density at radius 2 is 2.24 bits per heavy atom. The number of rotatable bonds is 6. The summed E-state index contributed by atoms with van der Waals surface area (Å²) in [5.74, 6) is 0.681. The predicted molar refractivity (Wildman–Crippen MR) is 81.1 cm³/mol. The van der Waals surface area contributed by atoms with Crippen LogP contribution in [0.25, 0.3) is 0 Å². The van der Waals surface area contributed by atoms with E-state index in [4.69, 9.17) is 13.9 Å². The van der Waals surface area contributed by atoms with Crippen molar-refractivity contribution < 1.29 is 13.9 Å². The Bertz CT molecular complexity index is 410. The largest absolute Gasteiger partial charge is 0.472 e. The molecule has 2 saturated heterocycles. The van der Waals surface area contributed by atoms with Gasteiger partial charge in [-0.15, -0.1) is 0 Å². The SMILES string of the molecule is CCOCCC1CCOC12CCN(Cc1ccoc1)CC2. The number of piperidine rings is 1. The molecular weight excluding hydrogens is 266 g/mol. The molecule has 1 aromatic rings. The molecule has 0 saturated carbocycles. The smallest absolute Gasteiger partial charge is 0.0947 e. The van der Waals surface area contributed by atoms with E-state index < -0.39 is 0 Å². The number of hydrogen-bond donors (Lipinski definition) is 0. The van der Waals surface area contributed by atoms with Gasteiger partial charge in [-0.2, -0.15) is 0 Å². The molecule has 0 N–H and O–H groups in total. The van der Waals surface area contributed by atoms with Gasteiger partial charge in [0.1, 0.15) is 0 Å². The first kappa shape index (κ1) is 15.1. The van der Waals surface area contributed by atoms with Crippen molar-refractivity contribution in [1.82, 2.24) is 4.90 Å². The molecule has 0 bridgehead atoms. The topological polar surface area (TPSA) is 34.8 Å². The van der Waals surface area contributed by atoms with Crippen LogP contribution in [0, 0.1) is 5.92 Å². The molecule has 4 heteroatoms. The van der Waals surface area contributed by atoms with Crippen molar-refractivity contribution in [3.8, 4) is 0 Å². The van der Waals surface area contributed by atoms with E-state index >= 15 is 0 Å². The van der Waals surface area contributed by atoms with Crippen molar-refractivity contribution in [2.24, 2.45) is 5.92 Å². The first-order valence-electron chi connectivity index (χ1n) is 8.27. The number of furan rings is 1. The first-order chi connectivity index (χ1) is 10.3. The van der Waals surface area contributed by atoms with Gasteiger partial charge in [0.25, 0.3) is 0 Å². The number of hydrogen-bond acceptors (Lipinski definition) is 4. The third kappa shape index (κ3) is 3.50. The van der Waals surface area contributed by atoms with Gasteiger partial charge in [0.15, 0.2) is 0 Å². The highest BCUT2D eigenvalue weighted by atomic mass is 16.5. The van der Waals surface area contributed by atoms with E-state index in [0.717, 1.165) is 58.7 Å². The summed E-state index contributed by atoms with van der Waals surface area (Å²) in [5.41, 5.74) is 1.40. The molecule has 0 radical (unpaired) electrons. The lowest BCUT2D eigenvalue weighted by molar-refractivity contribution is -0.0728. The van der Waals surface area contributed by atoms with E-state index in [1.807, 2.05) is 6.26 Å². The van der Waals surface area contributed by atoms with Gasteiger partial charge >= 0.3 is 0 Å². The lowest BCUT2D eigenvalue weighted by Crippen LogP contribution is -2.47. The Morgan fingerprint density at radius 3 is 2.95 bits per heavy atom. The quantitative estimate of drug-likeness (QED) is 0.755. The molecule has 0 aliphatic carbocycles. The van der Waals surface area contributed by atoms with Gasteiger partial charge in [0, 0.05) is 45.0 Å². The third-order valence-electron chi connectivity index (χ3n) is 5.10. The number of nitrogens with zero attached hydrogens (tertiary/aromatic N) is 1. The Balaban J connectivity index is 1.51. The summed E-state index contributed by atoms with van der Waals surface area (Å²) in [6.07, 6.45) is 8.26. The van der Waals surface area contributed by atoms with Crippen LogP contribution in [-0.4, -0.2) is 43.4 Å². The Kier molecular flexibility index (Phi) is 4.99. The Labute approximate surface area is 127 Å². The molecule has 118 valence electrons. The van der Waals surface area contributed by atoms with Crippen LogP contribution in [0.2, 0.25) is 0 Å². The van der Waals surface area contributed by atoms with E-state index in [1.54, 1.807) is 6.26 Å². The highest BCUT2D eigenvalue weighted by Crippen LogP contribution is 2.42. The summed E-state index contributed by atoms with van der Waals surface area (Å²) in [6.45, 7) is 7.93. The van der Waals surface area contributed by atoms with E-state index in [0.29, 0.717) is 5.92 Å². The van der Waals surface area contributed by atoms with Gasteiger partial charge in [-0.25, -0.2) is 0 Å². The third-order valence-corrected chi connectivity index (χ3v) is 5.10. The monoisotopic (exact) mass is 293 g/mol. The molecule has 0 aromatic carbocycles. The van der Waals surface area contributed by atoms with Crippen LogP contribution in [0.5, 0.6) is 0 Å². The minimum Gasteiger partial charge on any atom is -0.472 e. The van der Waals surface area contributed by atoms with E-state index in [2.05, 4.69) is 17.9 Å².